The second kappa shape index (κ2) is 5.99. The fourth-order valence-corrected chi connectivity index (χ4v) is 1.81. The van der Waals surface area contributed by atoms with Crippen LogP contribution in [0.2, 0.25) is 0 Å². The second-order valence-electron chi connectivity index (χ2n) is 4.11. The number of nitrogens with two attached hydrogens (primary N) is 1. The largest absolute Gasteiger partial charge is 0.394 e. The van der Waals surface area contributed by atoms with Gasteiger partial charge in [0.2, 0.25) is 0 Å². The SMILES string of the molecule is Cc1cc(C)c(C(CN)OCCO)cc1C. The molecule has 1 unspecified atom stereocenters. The van der Waals surface area contributed by atoms with Gasteiger partial charge in [-0.1, -0.05) is 12.1 Å². The maximum Gasteiger partial charge on any atom is 0.0950 e. The van der Waals surface area contributed by atoms with Gasteiger partial charge in [-0.05, 0) is 43.0 Å². The summed E-state index contributed by atoms with van der Waals surface area (Å²) in [5, 5.41) is 8.76. The maximum atomic E-state index is 8.76. The molecule has 3 nitrogen and oxygen atoms in total. The van der Waals surface area contributed by atoms with Crippen molar-refractivity contribution in [2.45, 2.75) is 26.9 Å². The Kier molecular flexibility index (Phi) is 4.93. The molecule has 0 saturated heterocycles. The summed E-state index contributed by atoms with van der Waals surface area (Å²) in [4.78, 5) is 0. The van der Waals surface area contributed by atoms with E-state index >= 15 is 0 Å². The van der Waals surface area contributed by atoms with Crippen LogP contribution in [0.3, 0.4) is 0 Å². The van der Waals surface area contributed by atoms with Crippen molar-refractivity contribution in [3.05, 3.63) is 34.4 Å². The molecule has 1 aromatic carbocycles. The first-order chi connectivity index (χ1) is 7.60. The van der Waals surface area contributed by atoms with Crippen LogP contribution < -0.4 is 5.73 Å². The molecule has 3 heteroatoms. The van der Waals surface area contributed by atoms with Crippen molar-refractivity contribution in [3.8, 4) is 0 Å². The molecule has 3 N–H and O–H groups in total. The van der Waals surface area contributed by atoms with Gasteiger partial charge in [0, 0.05) is 6.54 Å². The number of hydrogen-bond acceptors (Lipinski definition) is 3. The van der Waals surface area contributed by atoms with Gasteiger partial charge in [0.15, 0.2) is 0 Å². The van der Waals surface area contributed by atoms with Crippen molar-refractivity contribution in [2.24, 2.45) is 5.73 Å². The zero-order valence-corrected chi connectivity index (χ0v) is 10.3. The van der Waals surface area contributed by atoms with Gasteiger partial charge < -0.3 is 15.6 Å². The van der Waals surface area contributed by atoms with E-state index in [4.69, 9.17) is 15.6 Å². The van der Waals surface area contributed by atoms with E-state index in [1.807, 2.05) is 0 Å². The van der Waals surface area contributed by atoms with E-state index < -0.39 is 0 Å². The summed E-state index contributed by atoms with van der Waals surface area (Å²) in [5.74, 6) is 0. The molecular formula is C13H21NO2. The van der Waals surface area contributed by atoms with Crippen LogP contribution in [0.25, 0.3) is 0 Å². The zero-order valence-electron chi connectivity index (χ0n) is 10.3. The molecule has 90 valence electrons. The van der Waals surface area contributed by atoms with Crippen molar-refractivity contribution in [1.29, 1.82) is 0 Å². The van der Waals surface area contributed by atoms with E-state index in [-0.39, 0.29) is 12.7 Å². The van der Waals surface area contributed by atoms with E-state index in [0.717, 1.165) is 5.56 Å². The average molecular weight is 223 g/mol. The van der Waals surface area contributed by atoms with Gasteiger partial charge in [-0.25, -0.2) is 0 Å². The first-order valence-corrected chi connectivity index (χ1v) is 5.60. The Balaban J connectivity index is 2.95. The highest BCUT2D eigenvalue weighted by Gasteiger charge is 2.13. The maximum absolute atomic E-state index is 8.76. The summed E-state index contributed by atoms with van der Waals surface area (Å²) in [6, 6.07) is 4.27. The number of benzene rings is 1. The zero-order chi connectivity index (χ0) is 12.1. The summed E-state index contributed by atoms with van der Waals surface area (Å²) in [6.45, 7) is 7.03. The molecule has 0 aliphatic heterocycles. The second-order valence-corrected chi connectivity index (χ2v) is 4.11. The van der Waals surface area contributed by atoms with E-state index in [1.165, 1.54) is 16.7 Å². The van der Waals surface area contributed by atoms with Crippen LogP contribution in [0.15, 0.2) is 12.1 Å². The van der Waals surface area contributed by atoms with Crippen LogP contribution in [0.5, 0.6) is 0 Å². The predicted octanol–water partition coefficient (Wildman–Crippen LogP) is 1.62. The molecule has 0 fully saturated rings. The van der Waals surface area contributed by atoms with Crippen molar-refractivity contribution in [1.82, 2.24) is 0 Å². The quantitative estimate of drug-likeness (QED) is 0.797. The first-order valence-electron chi connectivity index (χ1n) is 5.60. The molecule has 0 radical (unpaired) electrons. The molecule has 0 aliphatic rings. The lowest BCUT2D eigenvalue weighted by Gasteiger charge is -2.19. The minimum atomic E-state index is -0.119. The number of ether oxygens (including phenoxy) is 1. The fraction of sp³-hybridized carbons (Fsp3) is 0.538. The highest BCUT2D eigenvalue weighted by molar-refractivity contribution is 5.37. The Morgan fingerprint density at radius 1 is 1.19 bits per heavy atom. The van der Waals surface area contributed by atoms with Crippen LogP contribution in [-0.4, -0.2) is 24.9 Å². The van der Waals surface area contributed by atoms with Crippen molar-refractivity contribution in [3.63, 3.8) is 0 Å². The van der Waals surface area contributed by atoms with E-state index in [2.05, 4.69) is 32.9 Å². The van der Waals surface area contributed by atoms with Crippen molar-refractivity contribution >= 4 is 0 Å². The molecule has 0 saturated carbocycles. The van der Waals surface area contributed by atoms with Gasteiger partial charge >= 0.3 is 0 Å². The molecule has 1 atom stereocenters. The lowest BCUT2D eigenvalue weighted by molar-refractivity contribution is 0.0325. The smallest absolute Gasteiger partial charge is 0.0950 e. The molecule has 1 aromatic rings. The summed E-state index contributed by atoms with van der Waals surface area (Å²) in [6.07, 6.45) is -0.119. The number of aliphatic hydroxyl groups excluding tert-OH is 1. The van der Waals surface area contributed by atoms with Gasteiger partial charge in [0.1, 0.15) is 0 Å². The highest BCUT2D eigenvalue weighted by Crippen LogP contribution is 2.23. The summed E-state index contributed by atoms with van der Waals surface area (Å²) in [5.41, 5.74) is 10.5. The summed E-state index contributed by atoms with van der Waals surface area (Å²) >= 11 is 0. The topological polar surface area (TPSA) is 55.5 Å². The molecule has 0 bridgehead atoms. The van der Waals surface area contributed by atoms with Crippen molar-refractivity contribution in [2.75, 3.05) is 19.8 Å². The number of aryl methyl sites for hydroxylation is 3. The van der Waals surface area contributed by atoms with Crippen LogP contribution in [0.4, 0.5) is 0 Å². The van der Waals surface area contributed by atoms with Gasteiger partial charge in [0.05, 0.1) is 19.3 Å². The third-order valence-electron chi connectivity index (χ3n) is 2.85. The number of hydrogen-bond donors (Lipinski definition) is 2. The predicted molar refractivity (Wildman–Crippen MR) is 65.5 cm³/mol. The average Bonchev–Trinajstić information content (AvgIpc) is 2.26. The Labute approximate surface area is 97.2 Å². The molecule has 0 aromatic heterocycles. The Bertz CT molecular complexity index is 350. The Morgan fingerprint density at radius 3 is 2.38 bits per heavy atom. The van der Waals surface area contributed by atoms with Gasteiger partial charge in [-0.15, -0.1) is 0 Å². The molecule has 1 rings (SSSR count). The molecule has 16 heavy (non-hydrogen) atoms. The fourth-order valence-electron chi connectivity index (χ4n) is 1.81. The lowest BCUT2D eigenvalue weighted by Crippen LogP contribution is -2.18. The normalized spacial score (nSPS) is 12.8. The Morgan fingerprint density at radius 2 is 1.81 bits per heavy atom. The molecule has 0 spiro atoms. The Hall–Kier alpha value is -0.900. The van der Waals surface area contributed by atoms with E-state index in [0.29, 0.717) is 13.2 Å². The van der Waals surface area contributed by atoms with Gasteiger partial charge in [0.25, 0.3) is 0 Å². The minimum Gasteiger partial charge on any atom is -0.394 e. The highest BCUT2D eigenvalue weighted by atomic mass is 16.5. The van der Waals surface area contributed by atoms with Crippen molar-refractivity contribution < 1.29 is 9.84 Å². The molecule has 0 aliphatic carbocycles. The van der Waals surface area contributed by atoms with E-state index in [9.17, 15) is 0 Å². The van der Waals surface area contributed by atoms with E-state index in [1.54, 1.807) is 0 Å². The number of rotatable bonds is 5. The third kappa shape index (κ3) is 3.04. The number of aliphatic hydroxyl groups is 1. The molecular weight excluding hydrogens is 202 g/mol. The van der Waals surface area contributed by atoms with Crippen LogP contribution >= 0.6 is 0 Å². The molecule has 0 heterocycles. The van der Waals surface area contributed by atoms with Gasteiger partial charge in [-0.2, -0.15) is 0 Å². The van der Waals surface area contributed by atoms with Gasteiger partial charge in [-0.3, -0.25) is 0 Å². The first kappa shape index (κ1) is 13.2. The summed E-state index contributed by atoms with van der Waals surface area (Å²) < 4.78 is 5.53. The summed E-state index contributed by atoms with van der Waals surface area (Å²) in [7, 11) is 0. The molecule has 0 amide bonds. The standard InChI is InChI=1S/C13H21NO2/c1-9-6-11(3)12(7-10(9)2)13(8-14)16-5-4-15/h6-7,13,15H,4-5,8,14H2,1-3H3. The van der Waals surface area contributed by atoms with Crippen LogP contribution in [-0.2, 0) is 4.74 Å². The monoisotopic (exact) mass is 223 g/mol. The van der Waals surface area contributed by atoms with Crippen LogP contribution in [0.1, 0.15) is 28.4 Å². The third-order valence-corrected chi connectivity index (χ3v) is 2.85. The lowest BCUT2D eigenvalue weighted by atomic mass is 9.97. The van der Waals surface area contributed by atoms with Crippen LogP contribution in [0, 0.1) is 20.8 Å². The minimum absolute atomic E-state index is 0.0282.